The van der Waals surface area contributed by atoms with Crippen LogP contribution in [0.1, 0.15) is 6.92 Å². The van der Waals surface area contributed by atoms with Gasteiger partial charge in [-0.3, -0.25) is 0 Å². The molecule has 0 radical (unpaired) electrons. The molecule has 0 aromatic carbocycles. The third-order valence-electron chi connectivity index (χ3n) is 0.287. The van der Waals surface area contributed by atoms with Gasteiger partial charge in [0.25, 0.3) is 0 Å². The largest absolute Gasteiger partial charge is 0.235 e. The normalized spacial score (nSPS) is 13.3. The van der Waals surface area contributed by atoms with Gasteiger partial charge in [-0.2, -0.15) is 0 Å². The van der Waals surface area contributed by atoms with Gasteiger partial charge in [0.2, 0.25) is 0 Å². The number of rotatable bonds is 1. The summed E-state index contributed by atoms with van der Waals surface area (Å²) in [4.78, 5) is 3.78. The van der Waals surface area contributed by atoms with E-state index in [2.05, 4.69) is 44.8 Å². The SMILES string of the molecule is C/C(I)=N/C=N\S. The maximum Gasteiger partial charge on any atom is 0.124 e. The quantitative estimate of drug-likeness (QED) is 0.306. The van der Waals surface area contributed by atoms with Crippen LogP contribution in [-0.4, -0.2) is 10.1 Å². The summed E-state index contributed by atoms with van der Waals surface area (Å²) in [6.07, 6.45) is 1.39. The van der Waals surface area contributed by atoms with Crippen LogP contribution in [0.2, 0.25) is 0 Å². The Morgan fingerprint density at radius 1 is 1.86 bits per heavy atom. The van der Waals surface area contributed by atoms with Crippen LogP contribution in [0.15, 0.2) is 9.39 Å². The van der Waals surface area contributed by atoms with Crippen molar-refractivity contribution in [3.05, 3.63) is 0 Å². The van der Waals surface area contributed by atoms with Crippen LogP contribution in [0.5, 0.6) is 0 Å². The first kappa shape index (κ1) is 7.42. The van der Waals surface area contributed by atoms with E-state index < -0.39 is 0 Å². The van der Waals surface area contributed by atoms with E-state index in [1.54, 1.807) is 0 Å². The van der Waals surface area contributed by atoms with Crippen LogP contribution < -0.4 is 0 Å². The van der Waals surface area contributed by atoms with Gasteiger partial charge in [0.1, 0.15) is 6.34 Å². The van der Waals surface area contributed by atoms with Crippen molar-refractivity contribution in [3.8, 4) is 0 Å². The topological polar surface area (TPSA) is 24.7 Å². The van der Waals surface area contributed by atoms with Crippen LogP contribution in [0, 0.1) is 0 Å². The van der Waals surface area contributed by atoms with E-state index >= 15 is 0 Å². The molecule has 4 heteroatoms. The first-order valence-corrected chi connectivity index (χ1v) is 3.11. The molecule has 0 aromatic rings. The second kappa shape index (κ2) is 4.58. The predicted octanol–water partition coefficient (Wildman–Crippen LogP) is 1.71. The Kier molecular flexibility index (Phi) is 4.85. The Bertz CT molecular complexity index is 95.1. The number of aliphatic imine (C=N–C) groups is 1. The van der Waals surface area contributed by atoms with Crippen molar-refractivity contribution in [2.75, 3.05) is 0 Å². The van der Waals surface area contributed by atoms with E-state index in [1.165, 1.54) is 6.34 Å². The molecule has 0 unspecified atom stereocenters. The summed E-state index contributed by atoms with van der Waals surface area (Å²) in [6.45, 7) is 1.88. The molecule has 0 heterocycles. The van der Waals surface area contributed by atoms with Crippen LogP contribution in [0.25, 0.3) is 0 Å². The van der Waals surface area contributed by atoms with Gasteiger partial charge in [-0.25, -0.2) is 9.39 Å². The molecule has 0 bridgehead atoms. The van der Waals surface area contributed by atoms with E-state index in [1.807, 2.05) is 6.92 Å². The minimum absolute atomic E-state index is 0.954. The lowest BCUT2D eigenvalue weighted by Crippen LogP contribution is -1.71. The van der Waals surface area contributed by atoms with Crippen molar-refractivity contribution in [2.45, 2.75) is 6.92 Å². The molecule has 0 fully saturated rings. The number of halogens is 1. The molecule has 0 amide bonds. The lowest BCUT2D eigenvalue weighted by molar-refractivity contribution is 1.73. The third-order valence-corrected chi connectivity index (χ3v) is 0.669. The zero-order valence-electron chi connectivity index (χ0n) is 3.80. The zero-order valence-corrected chi connectivity index (χ0v) is 6.85. The Morgan fingerprint density at radius 3 is 2.57 bits per heavy atom. The van der Waals surface area contributed by atoms with Crippen LogP contribution in [0.3, 0.4) is 0 Å². The van der Waals surface area contributed by atoms with Crippen molar-refractivity contribution in [1.82, 2.24) is 0 Å². The molecule has 0 N–H and O–H groups in total. The molecule has 0 aliphatic carbocycles. The zero-order chi connectivity index (χ0) is 5.70. The summed E-state index contributed by atoms with van der Waals surface area (Å²) < 4.78 is 4.31. The first-order chi connectivity index (χ1) is 3.27. The molecule has 0 aromatic heterocycles. The lowest BCUT2D eigenvalue weighted by Gasteiger charge is -1.74. The third kappa shape index (κ3) is 6.42. The molecule has 2 nitrogen and oxygen atoms in total. The highest BCUT2D eigenvalue weighted by Gasteiger charge is 1.70. The fourth-order valence-electron chi connectivity index (χ4n) is 0.105. The second-order valence-electron chi connectivity index (χ2n) is 0.857. The van der Waals surface area contributed by atoms with Gasteiger partial charge in [0, 0.05) is 0 Å². The lowest BCUT2D eigenvalue weighted by atomic mass is 10.9. The number of hydrogen-bond acceptors (Lipinski definition) is 2. The van der Waals surface area contributed by atoms with Crippen molar-refractivity contribution in [3.63, 3.8) is 0 Å². The summed E-state index contributed by atoms with van der Waals surface area (Å²) in [5, 5.41) is 0. The highest BCUT2D eigenvalue weighted by molar-refractivity contribution is 14.1. The average Bonchev–Trinajstić information content (AvgIpc) is 1.61. The number of hydrogen-bond donors (Lipinski definition) is 1. The van der Waals surface area contributed by atoms with Gasteiger partial charge in [-0.05, 0) is 42.3 Å². The van der Waals surface area contributed by atoms with Crippen LogP contribution >= 0.6 is 35.4 Å². The molecule has 0 saturated heterocycles. The van der Waals surface area contributed by atoms with Crippen molar-refractivity contribution in [1.29, 1.82) is 0 Å². The standard InChI is InChI=1S/C3H5IN2S/c1-3(4)5-2-6-7/h2,7H,1H3/b5-3-,6-2-. The Hall–Kier alpha value is 0.420. The van der Waals surface area contributed by atoms with E-state index in [0.29, 0.717) is 0 Å². The first-order valence-electron chi connectivity index (χ1n) is 1.63. The summed E-state index contributed by atoms with van der Waals surface area (Å²) in [5.41, 5.74) is 0. The fraction of sp³-hybridized carbons (Fsp3) is 0.333. The predicted molar refractivity (Wildman–Crippen MR) is 44.6 cm³/mol. The minimum atomic E-state index is 0.954. The monoisotopic (exact) mass is 228 g/mol. The van der Waals surface area contributed by atoms with E-state index in [-0.39, 0.29) is 0 Å². The highest BCUT2D eigenvalue weighted by atomic mass is 127. The van der Waals surface area contributed by atoms with Crippen molar-refractivity contribution in [2.24, 2.45) is 9.39 Å². The molecule has 0 atom stereocenters. The van der Waals surface area contributed by atoms with Crippen LogP contribution in [0.4, 0.5) is 0 Å². The van der Waals surface area contributed by atoms with Gasteiger partial charge < -0.3 is 0 Å². The molecular formula is C3H5IN2S. The number of nitrogens with zero attached hydrogens (tertiary/aromatic N) is 2. The van der Waals surface area contributed by atoms with Gasteiger partial charge in [-0.15, -0.1) is 0 Å². The maximum absolute atomic E-state index is 3.78. The van der Waals surface area contributed by atoms with E-state index in [0.717, 1.165) is 3.72 Å². The van der Waals surface area contributed by atoms with Gasteiger partial charge in [0.05, 0.1) is 3.72 Å². The van der Waals surface area contributed by atoms with Gasteiger partial charge in [-0.1, -0.05) is 0 Å². The van der Waals surface area contributed by atoms with Crippen LogP contribution in [-0.2, 0) is 0 Å². The van der Waals surface area contributed by atoms with E-state index in [9.17, 15) is 0 Å². The molecule has 0 aliphatic rings. The summed E-state index contributed by atoms with van der Waals surface area (Å²) in [5.74, 6) is 0. The van der Waals surface area contributed by atoms with Crippen molar-refractivity contribution >= 4 is 45.5 Å². The minimum Gasteiger partial charge on any atom is -0.235 e. The smallest absolute Gasteiger partial charge is 0.124 e. The van der Waals surface area contributed by atoms with Gasteiger partial charge in [0.15, 0.2) is 0 Å². The Labute approximate surface area is 61.8 Å². The van der Waals surface area contributed by atoms with Crippen molar-refractivity contribution < 1.29 is 0 Å². The maximum atomic E-state index is 3.78. The molecule has 0 aliphatic heterocycles. The second-order valence-corrected chi connectivity index (χ2v) is 2.65. The fourth-order valence-corrected chi connectivity index (χ4v) is 0.282. The Balaban J connectivity index is 3.46. The average molecular weight is 228 g/mol. The Morgan fingerprint density at radius 2 is 2.43 bits per heavy atom. The summed E-state index contributed by atoms with van der Waals surface area (Å²) in [6, 6.07) is 0. The highest BCUT2D eigenvalue weighted by Crippen LogP contribution is 1.85. The number of thiol groups is 1. The molecule has 0 rings (SSSR count). The summed E-state index contributed by atoms with van der Waals surface area (Å²) >= 11 is 5.64. The molecule has 0 spiro atoms. The molecule has 7 heavy (non-hydrogen) atoms. The molecule has 0 saturated carbocycles. The summed E-state index contributed by atoms with van der Waals surface area (Å²) in [7, 11) is 0. The molecular weight excluding hydrogens is 223 g/mol. The van der Waals surface area contributed by atoms with Gasteiger partial charge >= 0.3 is 0 Å². The van der Waals surface area contributed by atoms with E-state index in [4.69, 9.17) is 0 Å². The molecule has 40 valence electrons.